The third-order valence-electron chi connectivity index (χ3n) is 2.33. The van der Waals surface area contributed by atoms with Crippen LogP contribution in [0.1, 0.15) is 11.1 Å². The standard InChI is InChI=1S/C11H11N3O4/c12-4-8-1-2-10(14(15)16)11(3-8)17-6-9-5-13-18-7-9/h1-3,5,7H,4,6,12H2. The Hall–Kier alpha value is -2.41. The summed E-state index contributed by atoms with van der Waals surface area (Å²) in [6, 6.07) is 4.54. The van der Waals surface area contributed by atoms with Gasteiger partial charge in [-0.2, -0.15) is 0 Å². The van der Waals surface area contributed by atoms with Crippen molar-refractivity contribution in [2.24, 2.45) is 5.73 Å². The number of nitro groups is 1. The first kappa shape index (κ1) is 12.1. The fraction of sp³-hybridized carbons (Fsp3) is 0.182. The molecule has 0 aliphatic carbocycles. The minimum absolute atomic E-state index is 0.0938. The summed E-state index contributed by atoms with van der Waals surface area (Å²) in [4.78, 5) is 10.3. The molecule has 94 valence electrons. The molecule has 1 aromatic carbocycles. The quantitative estimate of drug-likeness (QED) is 0.637. The highest BCUT2D eigenvalue weighted by Gasteiger charge is 2.15. The van der Waals surface area contributed by atoms with E-state index in [2.05, 4.69) is 9.68 Å². The maximum absolute atomic E-state index is 10.8. The van der Waals surface area contributed by atoms with Gasteiger partial charge in [-0.3, -0.25) is 10.1 Å². The third-order valence-corrected chi connectivity index (χ3v) is 2.33. The molecule has 18 heavy (non-hydrogen) atoms. The Labute approximate surface area is 102 Å². The van der Waals surface area contributed by atoms with E-state index in [0.717, 1.165) is 5.56 Å². The van der Waals surface area contributed by atoms with Crippen LogP contribution in [0, 0.1) is 10.1 Å². The lowest BCUT2D eigenvalue weighted by atomic mass is 10.2. The first-order chi connectivity index (χ1) is 8.70. The van der Waals surface area contributed by atoms with Gasteiger partial charge in [-0.25, -0.2) is 0 Å². The number of aromatic nitrogens is 1. The van der Waals surface area contributed by atoms with Crippen LogP contribution in [-0.4, -0.2) is 10.1 Å². The van der Waals surface area contributed by atoms with Gasteiger partial charge in [0.15, 0.2) is 5.75 Å². The van der Waals surface area contributed by atoms with Crippen LogP contribution >= 0.6 is 0 Å². The summed E-state index contributed by atoms with van der Waals surface area (Å²) in [6.45, 7) is 0.444. The molecular formula is C11H11N3O4. The fourth-order valence-corrected chi connectivity index (χ4v) is 1.41. The molecule has 1 aromatic heterocycles. The number of nitro benzene ring substituents is 1. The number of hydrogen-bond acceptors (Lipinski definition) is 6. The Morgan fingerprint density at radius 3 is 2.89 bits per heavy atom. The number of rotatable bonds is 5. The van der Waals surface area contributed by atoms with Crippen LogP contribution in [0.3, 0.4) is 0 Å². The Kier molecular flexibility index (Phi) is 3.54. The van der Waals surface area contributed by atoms with Gasteiger partial charge in [-0.15, -0.1) is 0 Å². The van der Waals surface area contributed by atoms with Gasteiger partial charge in [-0.1, -0.05) is 11.2 Å². The first-order valence-corrected chi connectivity index (χ1v) is 5.19. The average molecular weight is 249 g/mol. The SMILES string of the molecule is NCc1ccc([N+](=O)[O-])c(OCc2cnoc2)c1. The van der Waals surface area contributed by atoms with Gasteiger partial charge in [0.05, 0.1) is 11.1 Å². The molecule has 2 aromatic rings. The Bertz CT molecular complexity index is 539. The van der Waals surface area contributed by atoms with Crippen LogP contribution in [0.5, 0.6) is 5.75 Å². The molecule has 0 unspecified atom stereocenters. The smallest absolute Gasteiger partial charge is 0.310 e. The summed E-state index contributed by atoms with van der Waals surface area (Å²) < 4.78 is 10.0. The zero-order valence-corrected chi connectivity index (χ0v) is 9.41. The third kappa shape index (κ3) is 2.64. The Morgan fingerprint density at radius 2 is 2.28 bits per heavy atom. The molecular weight excluding hydrogens is 238 g/mol. The zero-order valence-electron chi connectivity index (χ0n) is 9.41. The molecule has 0 saturated heterocycles. The maximum Gasteiger partial charge on any atom is 0.310 e. The van der Waals surface area contributed by atoms with E-state index in [4.69, 9.17) is 10.5 Å². The van der Waals surface area contributed by atoms with Gasteiger partial charge in [-0.05, 0) is 11.6 Å². The summed E-state index contributed by atoms with van der Waals surface area (Å²) in [5.41, 5.74) is 6.85. The monoisotopic (exact) mass is 249 g/mol. The second kappa shape index (κ2) is 5.28. The normalized spacial score (nSPS) is 10.3. The molecule has 7 nitrogen and oxygen atoms in total. The minimum Gasteiger partial charge on any atom is -0.482 e. The number of ether oxygens (including phenoxy) is 1. The van der Waals surface area contributed by atoms with E-state index in [1.807, 2.05) is 0 Å². The first-order valence-electron chi connectivity index (χ1n) is 5.19. The summed E-state index contributed by atoms with van der Waals surface area (Å²) in [6.07, 6.45) is 2.90. The Morgan fingerprint density at radius 1 is 1.44 bits per heavy atom. The largest absolute Gasteiger partial charge is 0.482 e. The van der Waals surface area contributed by atoms with Crippen LogP contribution in [0.25, 0.3) is 0 Å². The second-order valence-electron chi connectivity index (χ2n) is 3.58. The number of hydrogen-bond donors (Lipinski definition) is 1. The molecule has 0 aliphatic heterocycles. The van der Waals surface area contributed by atoms with Crippen LogP contribution in [0.4, 0.5) is 5.69 Å². The molecule has 0 radical (unpaired) electrons. The minimum atomic E-state index is -0.497. The summed E-state index contributed by atoms with van der Waals surface area (Å²) in [7, 11) is 0. The fourth-order valence-electron chi connectivity index (χ4n) is 1.41. The second-order valence-corrected chi connectivity index (χ2v) is 3.58. The van der Waals surface area contributed by atoms with E-state index in [0.29, 0.717) is 12.1 Å². The lowest BCUT2D eigenvalue weighted by Crippen LogP contribution is -2.01. The van der Waals surface area contributed by atoms with Crippen molar-refractivity contribution in [3.05, 3.63) is 51.9 Å². The molecule has 0 saturated carbocycles. The number of nitrogens with two attached hydrogens (primary N) is 1. The molecule has 2 rings (SSSR count). The molecule has 0 bridgehead atoms. The molecule has 0 spiro atoms. The van der Waals surface area contributed by atoms with Crippen molar-refractivity contribution in [1.82, 2.24) is 5.16 Å². The highest BCUT2D eigenvalue weighted by molar-refractivity contribution is 5.48. The van der Waals surface area contributed by atoms with Crippen molar-refractivity contribution >= 4 is 5.69 Å². The molecule has 2 N–H and O–H groups in total. The van der Waals surface area contributed by atoms with Gasteiger partial charge in [0.25, 0.3) is 0 Å². The zero-order chi connectivity index (χ0) is 13.0. The van der Waals surface area contributed by atoms with E-state index in [9.17, 15) is 10.1 Å². The summed E-state index contributed by atoms with van der Waals surface area (Å²) >= 11 is 0. The predicted octanol–water partition coefficient (Wildman–Crippen LogP) is 1.62. The van der Waals surface area contributed by atoms with Gasteiger partial charge < -0.3 is 15.0 Å². The van der Waals surface area contributed by atoms with Crippen LogP contribution in [-0.2, 0) is 13.2 Å². The van der Waals surface area contributed by atoms with Crippen molar-refractivity contribution in [2.75, 3.05) is 0 Å². The van der Waals surface area contributed by atoms with E-state index in [1.54, 1.807) is 12.1 Å². The molecule has 0 fully saturated rings. The molecule has 0 amide bonds. The van der Waals surface area contributed by atoms with Gasteiger partial charge in [0, 0.05) is 18.2 Å². The topological polar surface area (TPSA) is 104 Å². The van der Waals surface area contributed by atoms with Gasteiger partial charge >= 0.3 is 5.69 Å². The van der Waals surface area contributed by atoms with Crippen molar-refractivity contribution in [3.63, 3.8) is 0 Å². The average Bonchev–Trinajstić information content (AvgIpc) is 2.88. The number of nitrogens with zero attached hydrogens (tertiary/aromatic N) is 2. The lowest BCUT2D eigenvalue weighted by molar-refractivity contribution is -0.386. The number of benzene rings is 1. The molecule has 0 atom stereocenters. The summed E-state index contributed by atoms with van der Waals surface area (Å²) in [5.74, 6) is 0.184. The predicted molar refractivity (Wildman–Crippen MR) is 61.8 cm³/mol. The van der Waals surface area contributed by atoms with Crippen molar-refractivity contribution in [2.45, 2.75) is 13.2 Å². The highest BCUT2D eigenvalue weighted by atomic mass is 16.6. The molecule has 0 aliphatic rings. The van der Waals surface area contributed by atoms with Crippen LogP contribution in [0.15, 0.2) is 35.2 Å². The van der Waals surface area contributed by atoms with Crippen molar-refractivity contribution < 1.29 is 14.2 Å². The van der Waals surface area contributed by atoms with E-state index in [1.165, 1.54) is 18.5 Å². The van der Waals surface area contributed by atoms with Crippen LogP contribution in [0.2, 0.25) is 0 Å². The maximum atomic E-state index is 10.8. The highest BCUT2D eigenvalue weighted by Crippen LogP contribution is 2.28. The van der Waals surface area contributed by atoms with Crippen molar-refractivity contribution in [3.8, 4) is 5.75 Å². The van der Waals surface area contributed by atoms with E-state index < -0.39 is 4.92 Å². The molecule has 7 heteroatoms. The Balaban J connectivity index is 2.20. The van der Waals surface area contributed by atoms with Crippen LogP contribution < -0.4 is 10.5 Å². The van der Waals surface area contributed by atoms with Crippen molar-refractivity contribution in [1.29, 1.82) is 0 Å². The lowest BCUT2D eigenvalue weighted by Gasteiger charge is -2.06. The summed E-state index contributed by atoms with van der Waals surface area (Å²) in [5, 5.41) is 14.4. The van der Waals surface area contributed by atoms with Gasteiger partial charge in [0.1, 0.15) is 12.9 Å². The van der Waals surface area contributed by atoms with E-state index >= 15 is 0 Å². The van der Waals surface area contributed by atoms with E-state index in [-0.39, 0.29) is 18.0 Å². The van der Waals surface area contributed by atoms with Gasteiger partial charge in [0.2, 0.25) is 0 Å². The molecule has 1 heterocycles.